The molecule has 1 nitrogen and oxygen atoms in total. The number of hydrogen-bond acceptors (Lipinski definition) is 1. The molecule has 0 spiro atoms. The van der Waals surface area contributed by atoms with Crippen molar-refractivity contribution in [2.45, 2.75) is 65.2 Å². The smallest absolute Gasteiger partial charge is 0.0462 e. The fourth-order valence-electron chi connectivity index (χ4n) is 7.13. The van der Waals surface area contributed by atoms with E-state index >= 15 is 0 Å². The fourth-order valence-corrected chi connectivity index (χ4v) is 7.13. The molecule has 4 unspecified atom stereocenters. The predicted octanol–water partition coefficient (Wildman–Crippen LogP) is 10.3. The number of rotatable bonds is 4. The molecule has 6 rings (SSSR count). The zero-order valence-corrected chi connectivity index (χ0v) is 22.6. The summed E-state index contributed by atoms with van der Waals surface area (Å²) < 4.78 is 0. The first-order valence-corrected chi connectivity index (χ1v) is 14.6. The van der Waals surface area contributed by atoms with E-state index in [1.54, 1.807) is 5.57 Å². The number of fused-ring (bicyclic) bond motifs is 2. The predicted molar refractivity (Wildman–Crippen MR) is 159 cm³/mol. The van der Waals surface area contributed by atoms with Gasteiger partial charge in [0.1, 0.15) is 0 Å². The van der Waals surface area contributed by atoms with Crippen molar-refractivity contribution in [3.05, 3.63) is 107 Å². The van der Waals surface area contributed by atoms with E-state index in [-0.39, 0.29) is 0 Å². The first-order chi connectivity index (χ1) is 18.2. The maximum atomic E-state index is 2.62. The second-order valence-corrected chi connectivity index (χ2v) is 11.7. The first kappa shape index (κ1) is 24.3. The van der Waals surface area contributed by atoms with Crippen LogP contribution in [0.1, 0.15) is 68.1 Å². The van der Waals surface area contributed by atoms with Crippen LogP contribution in [0, 0.1) is 37.5 Å². The summed E-state index contributed by atoms with van der Waals surface area (Å²) in [5.41, 5.74) is 9.31. The largest absolute Gasteiger partial charge is 0.311 e. The van der Waals surface area contributed by atoms with E-state index < -0.39 is 0 Å². The van der Waals surface area contributed by atoms with Crippen LogP contribution in [0.4, 0.5) is 17.1 Å². The topological polar surface area (TPSA) is 3.24 Å². The van der Waals surface area contributed by atoms with Crippen molar-refractivity contribution in [1.82, 2.24) is 0 Å². The summed E-state index contributed by atoms with van der Waals surface area (Å²) >= 11 is 0. The summed E-state index contributed by atoms with van der Waals surface area (Å²) in [6, 6.07) is 27.1. The van der Waals surface area contributed by atoms with Gasteiger partial charge in [-0.3, -0.25) is 0 Å². The van der Waals surface area contributed by atoms with Crippen molar-refractivity contribution < 1.29 is 0 Å². The molecule has 0 radical (unpaired) electrons. The van der Waals surface area contributed by atoms with Crippen LogP contribution in [-0.2, 0) is 0 Å². The van der Waals surface area contributed by atoms with E-state index in [1.165, 1.54) is 85.1 Å². The normalized spacial score (nSPS) is 25.1. The van der Waals surface area contributed by atoms with Gasteiger partial charge in [0.15, 0.2) is 0 Å². The summed E-state index contributed by atoms with van der Waals surface area (Å²) in [4.78, 5) is 2.37. The summed E-state index contributed by atoms with van der Waals surface area (Å²) in [6.07, 6.45) is 18.9. The molecule has 2 fully saturated rings. The monoisotopic (exact) mass is 487 g/mol. The average molecular weight is 488 g/mol. The van der Waals surface area contributed by atoms with Crippen LogP contribution < -0.4 is 4.90 Å². The number of hydrogen-bond donors (Lipinski definition) is 0. The molecule has 0 amide bonds. The van der Waals surface area contributed by atoms with Crippen molar-refractivity contribution in [3.8, 4) is 0 Å². The third kappa shape index (κ3) is 5.19. The highest BCUT2D eigenvalue weighted by molar-refractivity contribution is 5.77. The zero-order chi connectivity index (χ0) is 25.2. The molecule has 0 saturated heterocycles. The van der Waals surface area contributed by atoms with Gasteiger partial charge < -0.3 is 4.90 Å². The number of anilines is 3. The van der Waals surface area contributed by atoms with Gasteiger partial charge in [-0.1, -0.05) is 97.0 Å². The first-order valence-electron chi connectivity index (χ1n) is 14.6. The van der Waals surface area contributed by atoms with Gasteiger partial charge in [0.2, 0.25) is 0 Å². The van der Waals surface area contributed by atoms with Crippen LogP contribution in [0.15, 0.2) is 90.5 Å². The van der Waals surface area contributed by atoms with Gasteiger partial charge in [-0.25, -0.2) is 0 Å². The molecule has 0 aliphatic heterocycles. The lowest BCUT2D eigenvalue weighted by Gasteiger charge is -2.37. The van der Waals surface area contributed by atoms with E-state index in [0.717, 1.165) is 23.7 Å². The van der Waals surface area contributed by atoms with Gasteiger partial charge in [-0.05, 0) is 105 Å². The summed E-state index contributed by atoms with van der Waals surface area (Å²) in [5, 5.41) is 0. The number of nitrogens with zero attached hydrogens (tertiary/aromatic N) is 1. The average Bonchev–Trinajstić information content (AvgIpc) is 3.09. The second kappa shape index (κ2) is 10.7. The van der Waals surface area contributed by atoms with Crippen LogP contribution in [0.2, 0.25) is 0 Å². The van der Waals surface area contributed by atoms with Crippen molar-refractivity contribution >= 4 is 23.1 Å². The SMILES string of the molecule is Cc1ccc(N(c2ccc(C)cc2)c2ccc(C=C3C4CCCCC4C=CC4CCCCC34)cc2)cc1. The minimum atomic E-state index is 0.745. The number of allylic oxidation sites excluding steroid dienone is 3. The Kier molecular flexibility index (Phi) is 7.05. The van der Waals surface area contributed by atoms with Gasteiger partial charge in [0.25, 0.3) is 0 Å². The Bertz CT molecular complexity index is 1170. The Morgan fingerprint density at radius 3 is 1.41 bits per heavy atom. The zero-order valence-electron chi connectivity index (χ0n) is 22.6. The molecule has 0 heterocycles. The fraction of sp³-hybridized carbons (Fsp3) is 0.389. The van der Waals surface area contributed by atoms with Crippen LogP contribution in [0.25, 0.3) is 6.08 Å². The van der Waals surface area contributed by atoms with Gasteiger partial charge in [-0.15, -0.1) is 0 Å². The lowest BCUT2D eigenvalue weighted by Crippen LogP contribution is -2.26. The van der Waals surface area contributed by atoms with E-state index in [1.807, 2.05) is 0 Å². The van der Waals surface area contributed by atoms with Crippen molar-refractivity contribution in [1.29, 1.82) is 0 Å². The van der Waals surface area contributed by atoms with E-state index in [4.69, 9.17) is 0 Å². The Balaban J connectivity index is 1.35. The van der Waals surface area contributed by atoms with E-state index in [9.17, 15) is 0 Å². The lowest BCUT2D eigenvalue weighted by molar-refractivity contribution is 0.268. The van der Waals surface area contributed by atoms with Crippen molar-refractivity contribution in [3.63, 3.8) is 0 Å². The molecular formula is C36H41N. The Morgan fingerprint density at radius 1 is 0.541 bits per heavy atom. The highest BCUT2D eigenvalue weighted by Gasteiger charge is 2.36. The lowest BCUT2D eigenvalue weighted by atomic mass is 9.68. The molecule has 2 saturated carbocycles. The molecule has 1 heteroatoms. The molecular weight excluding hydrogens is 446 g/mol. The Morgan fingerprint density at radius 2 is 0.946 bits per heavy atom. The minimum Gasteiger partial charge on any atom is -0.311 e. The second-order valence-electron chi connectivity index (χ2n) is 11.7. The van der Waals surface area contributed by atoms with Gasteiger partial charge >= 0.3 is 0 Å². The highest BCUT2D eigenvalue weighted by Crippen LogP contribution is 2.48. The van der Waals surface area contributed by atoms with Gasteiger partial charge in [0.05, 0.1) is 0 Å². The molecule has 0 N–H and O–H groups in total. The molecule has 3 aliphatic carbocycles. The third-order valence-electron chi connectivity index (χ3n) is 9.17. The standard InChI is InChI=1S/C36H41N/c1-26-11-19-31(20-12-26)37(32-21-13-27(2)14-22-32)33-23-15-28(16-24-33)25-36-34-9-5-3-7-29(34)17-18-30-8-4-6-10-35(30)36/h11-25,29-30,34-35H,3-10H2,1-2H3. The molecule has 4 atom stereocenters. The van der Waals surface area contributed by atoms with Crippen molar-refractivity contribution in [2.24, 2.45) is 23.7 Å². The molecule has 0 aromatic heterocycles. The summed E-state index contributed by atoms with van der Waals surface area (Å²) in [6.45, 7) is 4.30. The summed E-state index contributed by atoms with van der Waals surface area (Å²) in [7, 11) is 0. The molecule has 190 valence electrons. The van der Waals surface area contributed by atoms with E-state index in [2.05, 4.69) is 110 Å². The maximum absolute atomic E-state index is 2.62. The number of aryl methyl sites for hydroxylation is 2. The van der Waals surface area contributed by atoms with E-state index in [0.29, 0.717) is 0 Å². The maximum Gasteiger partial charge on any atom is 0.0462 e. The van der Waals surface area contributed by atoms with Crippen LogP contribution in [0.3, 0.4) is 0 Å². The molecule has 0 bridgehead atoms. The quantitative estimate of drug-likeness (QED) is 0.331. The Labute approximate surface area is 223 Å². The highest BCUT2D eigenvalue weighted by atomic mass is 15.1. The van der Waals surface area contributed by atoms with Crippen LogP contribution in [-0.4, -0.2) is 0 Å². The van der Waals surface area contributed by atoms with Crippen LogP contribution >= 0.6 is 0 Å². The molecule has 3 aliphatic rings. The van der Waals surface area contributed by atoms with Gasteiger partial charge in [-0.2, -0.15) is 0 Å². The molecule has 3 aromatic rings. The van der Waals surface area contributed by atoms with Crippen molar-refractivity contribution in [2.75, 3.05) is 4.90 Å². The number of benzene rings is 3. The Hall–Kier alpha value is -3.06. The third-order valence-corrected chi connectivity index (χ3v) is 9.17. The van der Waals surface area contributed by atoms with Crippen LogP contribution in [0.5, 0.6) is 0 Å². The molecule has 3 aromatic carbocycles. The minimum absolute atomic E-state index is 0.745. The molecule has 37 heavy (non-hydrogen) atoms. The summed E-state index contributed by atoms with van der Waals surface area (Å²) in [5.74, 6) is 3.00. The van der Waals surface area contributed by atoms with Gasteiger partial charge in [0, 0.05) is 17.1 Å².